The largest absolute Gasteiger partial charge is 0.481 e. The predicted octanol–water partition coefficient (Wildman–Crippen LogP) is 2.84. The standard InChI is InChI=1S/C25H27N3O5S2/c1-27(2)12-7-5-11(6-8-12)16-17-13-10-14(20(17)34-22-21(16)35-25(33)26-22)19-18(13)23(31)28(24(19)32)9-3-4-15(29)30/h5-8,13-14,16-20H,3-4,9-10H2,1-2H3,(H,26,33)(H,29,30)/t13-,14+,16-,17+,18+,19+,20-/m0/s1. The molecule has 1 aromatic heterocycles. The Morgan fingerprint density at radius 2 is 1.80 bits per heavy atom. The molecule has 0 spiro atoms. The molecule has 2 bridgehead atoms. The van der Waals surface area contributed by atoms with Crippen molar-refractivity contribution in [1.29, 1.82) is 0 Å². The van der Waals surface area contributed by atoms with Gasteiger partial charge in [-0.15, -0.1) is 11.8 Å². The van der Waals surface area contributed by atoms with Gasteiger partial charge in [0.05, 0.1) is 16.9 Å². The lowest BCUT2D eigenvalue weighted by Gasteiger charge is -2.43. The molecule has 10 heteroatoms. The number of anilines is 1. The molecule has 184 valence electrons. The molecule has 1 saturated heterocycles. The summed E-state index contributed by atoms with van der Waals surface area (Å²) in [6.07, 6.45) is 1.07. The molecule has 3 heterocycles. The fourth-order valence-electron chi connectivity index (χ4n) is 7.04. The predicted molar refractivity (Wildman–Crippen MR) is 133 cm³/mol. The second kappa shape index (κ2) is 8.23. The lowest BCUT2D eigenvalue weighted by molar-refractivity contribution is -0.142. The van der Waals surface area contributed by atoms with Gasteiger partial charge in [-0.25, -0.2) is 0 Å². The minimum absolute atomic E-state index is 0.0105. The summed E-state index contributed by atoms with van der Waals surface area (Å²) in [5.41, 5.74) is 2.24. The Kier molecular flexibility index (Phi) is 5.37. The van der Waals surface area contributed by atoms with Gasteiger partial charge in [-0.3, -0.25) is 24.1 Å². The number of benzene rings is 1. The number of thiazole rings is 1. The van der Waals surface area contributed by atoms with Crippen LogP contribution < -0.4 is 9.77 Å². The third kappa shape index (κ3) is 3.40. The van der Waals surface area contributed by atoms with E-state index in [9.17, 15) is 19.2 Å². The number of thioether (sulfide) groups is 1. The second-order valence-electron chi connectivity index (χ2n) is 10.3. The topological polar surface area (TPSA) is 111 Å². The number of nitrogens with zero attached hydrogens (tertiary/aromatic N) is 2. The highest BCUT2D eigenvalue weighted by Crippen LogP contribution is 2.68. The SMILES string of the molecule is CN(C)c1ccc([C@@H]2c3sc(=O)[nH]c3S[C@H]3[C@@H]4C[C@H]([C@H]5C(=O)N(CCCC(=O)O)C(=O)[C@H]45)[C@H]23)cc1. The molecule has 35 heavy (non-hydrogen) atoms. The Bertz CT molecular complexity index is 1270. The number of aromatic nitrogens is 1. The average molecular weight is 514 g/mol. The number of carboxylic acids is 1. The maximum atomic E-state index is 13.4. The van der Waals surface area contributed by atoms with Crippen LogP contribution >= 0.6 is 23.1 Å². The van der Waals surface area contributed by atoms with Gasteiger partial charge in [0.1, 0.15) is 0 Å². The monoisotopic (exact) mass is 513 g/mol. The lowest BCUT2D eigenvalue weighted by atomic mass is 9.68. The second-order valence-corrected chi connectivity index (χ2v) is 12.5. The number of hydrogen-bond donors (Lipinski definition) is 2. The summed E-state index contributed by atoms with van der Waals surface area (Å²) in [4.78, 5) is 57.4. The van der Waals surface area contributed by atoms with E-state index in [2.05, 4.69) is 29.2 Å². The van der Waals surface area contributed by atoms with E-state index in [1.165, 1.54) is 16.2 Å². The number of aliphatic carboxylic acids is 1. The molecule has 7 atom stereocenters. The van der Waals surface area contributed by atoms with Gasteiger partial charge in [0.15, 0.2) is 0 Å². The van der Waals surface area contributed by atoms with Crippen LogP contribution in [0.4, 0.5) is 5.69 Å². The summed E-state index contributed by atoms with van der Waals surface area (Å²) in [5, 5.41) is 10.0. The summed E-state index contributed by atoms with van der Waals surface area (Å²) in [5.74, 6) is -1.50. The van der Waals surface area contributed by atoms with E-state index in [1.54, 1.807) is 11.8 Å². The van der Waals surface area contributed by atoms with Crippen LogP contribution in [-0.4, -0.2) is 58.7 Å². The van der Waals surface area contributed by atoms with Gasteiger partial charge in [0.2, 0.25) is 11.8 Å². The molecule has 6 rings (SSSR count). The van der Waals surface area contributed by atoms with E-state index in [0.717, 1.165) is 27.6 Å². The van der Waals surface area contributed by atoms with Gasteiger partial charge >= 0.3 is 10.8 Å². The Hall–Kier alpha value is -2.59. The van der Waals surface area contributed by atoms with Gasteiger partial charge in [-0.1, -0.05) is 23.5 Å². The molecule has 8 nitrogen and oxygen atoms in total. The summed E-state index contributed by atoms with van der Waals surface area (Å²) < 4.78 is 0. The van der Waals surface area contributed by atoms with Crippen LogP contribution in [0.2, 0.25) is 0 Å². The third-order valence-corrected chi connectivity index (χ3v) is 10.9. The summed E-state index contributed by atoms with van der Waals surface area (Å²) in [6.45, 7) is 0.176. The number of carbonyl (C=O) groups excluding carboxylic acids is 2. The number of likely N-dealkylation sites (tertiary alicyclic amines) is 1. The van der Waals surface area contributed by atoms with Crippen molar-refractivity contribution in [3.8, 4) is 0 Å². The first-order valence-electron chi connectivity index (χ1n) is 12.0. The van der Waals surface area contributed by atoms with Crippen molar-refractivity contribution in [1.82, 2.24) is 9.88 Å². The molecule has 1 aromatic carbocycles. The number of carbonyl (C=O) groups is 3. The molecule has 2 saturated carbocycles. The molecular weight excluding hydrogens is 486 g/mol. The van der Waals surface area contributed by atoms with E-state index >= 15 is 0 Å². The highest BCUT2D eigenvalue weighted by molar-refractivity contribution is 8.00. The van der Waals surface area contributed by atoms with Gasteiger partial charge in [-0.05, 0) is 48.3 Å². The number of H-pyrrole nitrogens is 1. The van der Waals surface area contributed by atoms with E-state index < -0.39 is 5.97 Å². The normalized spacial score (nSPS) is 32.5. The number of rotatable bonds is 6. The van der Waals surface area contributed by atoms with E-state index in [1.807, 2.05) is 19.0 Å². The highest BCUT2D eigenvalue weighted by atomic mass is 32.2. The Balaban J connectivity index is 1.36. The lowest BCUT2D eigenvalue weighted by Crippen LogP contribution is -2.42. The number of fused-ring (bicyclic) bond motifs is 9. The van der Waals surface area contributed by atoms with Crippen LogP contribution in [0.5, 0.6) is 0 Å². The molecular formula is C25H27N3O5S2. The summed E-state index contributed by atoms with van der Waals surface area (Å²) in [6, 6.07) is 8.44. The van der Waals surface area contributed by atoms with E-state index in [4.69, 9.17) is 5.11 Å². The number of imide groups is 1. The van der Waals surface area contributed by atoms with Crippen molar-refractivity contribution in [2.45, 2.75) is 35.5 Å². The molecule has 2 aromatic rings. The number of aromatic amines is 1. The Morgan fingerprint density at radius 3 is 2.46 bits per heavy atom. The maximum absolute atomic E-state index is 13.4. The summed E-state index contributed by atoms with van der Waals surface area (Å²) in [7, 11) is 4.00. The fraction of sp³-hybridized carbons (Fsp3) is 0.520. The Morgan fingerprint density at radius 1 is 1.11 bits per heavy atom. The average Bonchev–Trinajstić information content (AvgIpc) is 3.54. The van der Waals surface area contributed by atoms with Crippen molar-refractivity contribution >= 4 is 46.6 Å². The first kappa shape index (κ1) is 22.8. The number of hydrogen-bond acceptors (Lipinski definition) is 7. The molecule has 2 amide bonds. The zero-order valence-corrected chi connectivity index (χ0v) is 21.1. The van der Waals surface area contributed by atoms with Crippen molar-refractivity contribution in [3.05, 3.63) is 44.4 Å². The smallest absolute Gasteiger partial charge is 0.305 e. The van der Waals surface area contributed by atoms with Crippen LogP contribution in [0.15, 0.2) is 34.1 Å². The number of amides is 2. The zero-order chi connectivity index (χ0) is 24.6. The quantitative estimate of drug-likeness (QED) is 0.572. The highest BCUT2D eigenvalue weighted by Gasteiger charge is 2.69. The zero-order valence-electron chi connectivity index (χ0n) is 19.5. The Labute approximate surface area is 210 Å². The van der Waals surface area contributed by atoms with Crippen LogP contribution in [0.3, 0.4) is 0 Å². The first-order chi connectivity index (χ1) is 16.8. The molecule has 2 N–H and O–H groups in total. The van der Waals surface area contributed by atoms with Crippen molar-refractivity contribution in [3.63, 3.8) is 0 Å². The maximum Gasteiger partial charge on any atom is 0.305 e. The van der Waals surface area contributed by atoms with Gasteiger partial charge in [0.25, 0.3) is 0 Å². The first-order valence-corrected chi connectivity index (χ1v) is 13.7. The number of nitrogens with one attached hydrogen (secondary N) is 1. The third-order valence-electron chi connectivity index (χ3n) is 8.36. The minimum atomic E-state index is -0.921. The van der Waals surface area contributed by atoms with Gasteiger partial charge < -0.3 is 15.0 Å². The fourth-order valence-corrected chi connectivity index (χ4v) is 9.93. The van der Waals surface area contributed by atoms with Gasteiger partial charge in [0, 0.05) is 48.8 Å². The number of carboxylic acid groups (broad SMARTS) is 1. The van der Waals surface area contributed by atoms with Crippen LogP contribution in [0.25, 0.3) is 0 Å². The van der Waals surface area contributed by atoms with Crippen molar-refractivity contribution < 1.29 is 19.5 Å². The molecule has 0 unspecified atom stereocenters. The van der Waals surface area contributed by atoms with E-state index in [0.29, 0.717) is 0 Å². The van der Waals surface area contributed by atoms with Crippen LogP contribution in [0, 0.1) is 29.6 Å². The van der Waals surface area contributed by atoms with Crippen LogP contribution in [-0.2, 0) is 14.4 Å². The molecule has 2 aliphatic carbocycles. The van der Waals surface area contributed by atoms with Crippen molar-refractivity contribution in [2.24, 2.45) is 29.6 Å². The van der Waals surface area contributed by atoms with Crippen molar-refractivity contribution in [2.75, 3.05) is 25.5 Å². The van der Waals surface area contributed by atoms with Gasteiger partial charge in [-0.2, -0.15) is 0 Å². The summed E-state index contributed by atoms with van der Waals surface area (Å²) >= 11 is 2.94. The van der Waals surface area contributed by atoms with E-state index in [-0.39, 0.29) is 76.8 Å². The van der Waals surface area contributed by atoms with Crippen LogP contribution in [0.1, 0.15) is 35.6 Å². The molecule has 2 aliphatic heterocycles. The molecule has 0 radical (unpaired) electrons. The molecule has 3 fully saturated rings. The molecule has 4 aliphatic rings. The minimum Gasteiger partial charge on any atom is -0.481 e.